The van der Waals surface area contributed by atoms with Crippen LogP contribution in [0.3, 0.4) is 0 Å². The molecule has 0 heterocycles. The molecule has 1 aliphatic carbocycles. The second kappa shape index (κ2) is 7.68. The molecule has 6 heteroatoms. The van der Waals surface area contributed by atoms with E-state index in [4.69, 9.17) is 9.47 Å². The number of rotatable bonds is 5. The Kier molecular flexibility index (Phi) is 5.63. The molecule has 0 radical (unpaired) electrons. The van der Waals surface area contributed by atoms with Gasteiger partial charge in [-0.1, -0.05) is 18.9 Å². The normalized spacial score (nSPS) is 14.5. The number of carbonyl (C=O) groups is 2. The molecule has 0 spiro atoms. The van der Waals surface area contributed by atoms with Gasteiger partial charge in [0, 0.05) is 12.6 Å². The summed E-state index contributed by atoms with van der Waals surface area (Å²) in [5, 5.41) is 5.37. The second-order valence-electron chi connectivity index (χ2n) is 5.33. The minimum atomic E-state index is -0.610. The van der Waals surface area contributed by atoms with E-state index >= 15 is 0 Å². The van der Waals surface area contributed by atoms with Crippen LogP contribution in [-0.4, -0.2) is 32.1 Å². The monoisotopic (exact) mass is 306 g/mol. The summed E-state index contributed by atoms with van der Waals surface area (Å²) in [5.74, 6) is 0.0373. The number of hydrogen-bond donors (Lipinski definition) is 2. The van der Waals surface area contributed by atoms with Crippen molar-refractivity contribution >= 4 is 11.8 Å². The van der Waals surface area contributed by atoms with E-state index in [2.05, 4.69) is 10.6 Å². The molecule has 0 bridgehead atoms. The average Bonchev–Trinajstić information content (AvgIpc) is 3.05. The third kappa shape index (κ3) is 4.13. The maximum Gasteiger partial charge on any atom is 0.309 e. The summed E-state index contributed by atoms with van der Waals surface area (Å²) in [4.78, 5) is 23.6. The third-order valence-corrected chi connectivity index (χ3v) is 3.80. The van der Waals surface area contributed by atoms with Crippen LogP contribution in [0.15, 0.2) is 18.2 Å². The lowest BCUT2D eigenvalue weighted by molar-refractivity contribution is -0.139. The van der Waals surface area contributed by atoms with Gasteiger partial charge in [0.05, 0.1) is 14.2 Å². The van der Waals surface area contributed by atoms with E-state index in [0.29, 0.717) is 11.5 Å². The Labute approximate surface area is 130 Å². The van der Waals surface area contributed by atoms with Crippen LogP contribution in [0.4, 0.5) is 0 Å². The number of carbonyl (C=O) groups excluding carboxylic acids is 2. The Balaban J connectivity index is 1.86. The molecule has 0 aliphatic heterocycles. The Morgan fingerprint density at radius 1 is 1.09 bits per heavy atom. The highest BCUT2D eigenvalue weighted by molar-refractivity contribution is 6.35. The molecule has 1 fully saturated rings. The van der Waals surface area contributed by atoms with E-state index in [1.165, 1.54) is 0 Å². The zero-order valence-corrected chi connectivity index (χ0v) is 13.0. The van der Waals surface area contributed by atoms with Gasteiger partial charge in [0.2, 0.25) is 0 Å². The van der Waals surface area contributed by atoms with Crippen molar-refractivity contribution in [3.05, 3.63) is 23.8 Å². The molecular formula is C16H22N2O4. The van der Waals surface area contributed by atoms with Crippen molar-refractivity contribution in [3.8, 4) is 11.5 Å². The summed E-state index contributed by atoms with van der Waals surface area (Å²) in [7, 11) is 3.11. The van der Waals surface area contributed by atoms with Gasteiger partial charge in [-0.15, -0.1) is 0 Å². The molecule has 2 amide bonds. The molecule has 1 aromatic carbocycles. The van der Waals surface area contributed by atoms with Gasteiger partial charge in [0.25, 0.3) is 0 Å². The Morgan fingerprint density at radius 2 is 1.77 bits per heavy atom. The largest absolute Gasteiger partial charge is 0.493 e. The zero-order valence-electron chi connectivity index (χ0n) is 13.0. The first-order valence-electron chi connectivity index (χ1n) is 7.43. The fourth-order valence-electron chi connectivity index (χ4n) is 2.57. The molecule has 1 aliphatic rings. The molecule has 6 nitrogen and oxygen atoms in total. The van der Waals surface area contributed by atoms with Crippen LogP contribution in [0, 0.1) is 0 Å². The van der Waals surface area contributed by atoms with Crippen molar-refractivity contribution in [2.75, 3.05) is 14.2 Å². The van der Waals surface area contributed by atoms with E-state index < -0.39 is 11.8 Å². The van der Waals surface area contributed by atoms with Crippen LogP contribution in [0.25, 0.3) is 0 Å². The summed E-state index contributed by atoms with van der Waals surface area (Å²) in [6, 6.07) is 5.49. The summed E-state index contributed by atoms with van der Waals surface area (Å²) < 4.78 is 10.4. The summed E-state index contributed by atoms with van der Waals surface area (Å²) >= 11 is 0. The maximum absolute atomic E-state index is 11.8. The van der Waals surface area contributed by atoms with Crippen molar-refractivity contribution in [2.45, 2.75) is 38.3 Å². The molecular weight excluding hydrogens is 284 g/mol. The van der Waals surface area contributed by atoms with Gasteiger partial charge in [0.1, 0.15) is 0 Å². The van der Waals surface area contributed by atoms with Gasteiger partial charge < -0.3 is 20.1 Å². The van der Waals surface area contributed by atoms with E-state index in [1.807, 2.05) is 6.07 Å². The summed E-state index contributed by atoms with van der Waals surface area (Å²) in [5.41, 5.74) is 0.833. The van der Waals surface area contributed by atoms with Crippen molar-refractivity contribution in [3.63, 3.8) is 0 Å². The SMILES string of the molecule is COc1ccc(CNC(=O)C(=O)NC2CCCC2)cc1OC. The highest BCUT2D eigenvalue weighted by Gasteiger charge is 2.21. The van der Waals surface area contributed by atoms with E-state index in [1.54, 1.807) is 26.4 Å². The Bertz CT molecular complexity index is 539. The lowest BCUT2D eigenvalue weighted by Gasteiger charge is -2.12. The van der Waals surface area contributed by atoms with Crippen molar-refractivity contribution in [1.82, 2.24) is 10.6 Å². The molecule has 0 unspecified atom stereocenters. The predicted octanol–water partition coefficient (Wildman–Crippen LogP) is 1.38. The summed E-state index contributed by atoms with van der Waals surface area (Å²) in [6.07, 6.45) is 4.12. The average molecular weight is 306 g/mol. The second-order valence-corrected chi connectivity index (χ2v) is 5.33. The van der Waals surface area contributed by atoms with Gasteiger partial charge >= 0.3 is 11.8 Å². The molecule has 1 saturated carbocycles. The zero-order chi connectivity index (χ0) is 15.9. The standard InChI is InChI=1S/C16H22N2O4/c1-21-13-8-7-11(9-14(13)22-2)10-17-15(19)16(20)18-12-5-3-4-6-12/h7-9,12H,3-6,10H2,1-2H3,(H,17,19)(H,18,20). The first-order valence-corrected chi connectivity index (χ1v) is 7.43. The first-order chi connectivity index (χ1) is 10.6. The lowest BCUT2D eigenvalue weighted by Crippen LogP contribution is -2.43. The minimum absolute atomic E-state index is 0.138. The van der Waals surface area contributed by atoms with Crippen molar-refractivity contribution in [2.24, 2.45) is 0 Å². The molecule has 120 valence electrons. The van der Waals surface area contributed by atoms with E-state index in [0.717, 1.165) is 31.2 Å². The first kappa shape index (κ1) is 16.1. The number of hydrogen-bond acceptors (Lipinski definition) is 4. The van der Waals surface area contributed by atoms with Crippen LogP contribution in [0.5, 0.6) is 11.5 Å². The highest BCUT2D eigenvalue weighted by Crippen LogP contribution is 2.27. The number of nitrogens with one attached hydrogen (secondary N) is 2. The lowest BCUT2D eigenvalue weighted by atomic mass is 10.2. The number of methoxy groups -OCH3 is 2. The Hall–Kier alpha value is -2.24. The van der Waals surface area contributed by atoms with Crippen LogP contribution in [0.2, 0.25) is 0 Å². The number of amides is 2. The van der Waals surface area contributed by atoms with E-state index in [-0.39, 0.29) is 12.6 Å². The van der Waals surface area contributed by atoms with E-state index in [9.17, 15) is 9.59 Å². The molecule has 0 atom stereocenters. The van der Waals surface area contributed by atoms with Crippen LogP contribution in [-0.2, 0) is 16.1 Å². The molecule has 0 saturated heterocycles. The molecule has 2 rings (SSSR count). The van der Waals surface area contributed by atoms with Crippen LogP contribution >= 0.6 is 0 Å². The van der Waals surface area contributed by atoms with Gasteiger partial charge in [-0.2, -0.15) is 0 Å². The quantitative estimate of drug-likeness (QED) is 0.806. The number of ether oxygens (including phenoxy) is 2. The summed E-state index contributed by atoms with van der Waals surface area (Å²) in [6.45, 7) is 0.261. The molecule has 22 heavy (non-hydrogen) atoms. The smallest absolute Gasteiger partial charge is 0.309 e. The fourth-order valence-corrected chi connectivity index (χ4v) is 2.57. The van der Waals surface area contributed by atoms with Crippen LogP contribution in [0.1, 0.15) is 31.2 Å². The molecule has 0 aromatic heterocycles. The van der Waals surface area contributed by atoms with Crippen molar-refractivity contribution < 1.29 is 19.1 Å². The third-order valence-electron chi connectivity index (χ3n) is 3.80. The fraction of sp³-hybridized carbons (Fsp3) is 0.500. The minimum Gasteiger partial charge on any atom is -0.493 e. The van der Waals surface area contributed by atoms with Gasteiger partial charge in [-0.25, -0.2) is 0 Å². The van der Waals surface area contributed by atoms with Gasteiger partial charge in [-0.3, -0.25) is 9.59 Å². The van der Waals surface area contributed by atoms with Gasteiger partial charge in [-0.05, 0) is 30.5 Å². The topological polar surface area (TPSA) is 76.7 Å². The highest BCUT2D eigenvalue weighted by atomic mass is 16.5. The number of benzene rings is 1. The van der Waals surface area contributed by atoms with Crippen LogP contribution < -0.4 is 20.1 Å². The predicted molar refractivity (Wildman–Crippen MR) is 81.8 cm³/mol. The van der Waals surface area contributed by atoms with Crippen molar-refractivity contribution in [1.29, 1.82) is 0 Å². The molecule has 2 N–H and O–H groups in total. The molecule has 1 aromatic rings. The maximum atomic E-state index is 11.8. The Morgan fingerprint density at radius 3 is 2.41 bits per heavy atom. The van der Waals surface area contributed by atoms with Gasteiger partial charge in [0.15, 0.2) is 11.5 Å².